The number of carbonyl (C=O) groups excluding carboxylic acids is 1. The average molecular weight is 379 g/mol. The van der Waals surface area contributed by atoms with E-state index in [0.29, 0.717) is 29.0 Å². The number of benzene rings is 2. The number of hydrogen-bond donors (Lipinski definition) is 1. The SMILES string of the molecule is CCc1nnc2c(=O)n(CC(=O)Nc3ccc(C)c(F)c3)c3ccccc3n12. The Bertz CT molecular complexity index is 1280. The van der Waals surface area contributed by atoms with Crippen LogP contribution in [0, 0.1) is 12.7 Å². The highest BCUT2D eigenvalue weighted by Crippen LogP contribution is 2.17. The Labute approximate surface area is 159 Å². The topological polar surface area (TPSA) is 81.3 Å². The van der Waals surface area contributed by atoms with E-state index < -0.39 is 17.3 Å². The molecule has 0 atom stereocenters. The van der Waals surface area contributed by atoms with Crippen LogP contribution in [0.25, 0.3) is 16.7 Å². The zero-order chi connectivity index (χ0) is 19.8. The number of para-hydroxylation sites is 2. The van der Waals surface area contributed by atoms with Gasteiger partial charge in [0.15, 0.2) is 0 Å². The number of fused-ring (bicyclic) bond motifs is 3. The summed E-state index contributed by atoms with van der Waals surface area (Å²) in [5.41, 5.74) is 1.93. The molecule has 2 aromatic heterocycles. The Kier molecular flexibility index (Phi) is 4.38. The summed E-state index contributed by atoms with van der Waals surface area (Å²) in [5, 5.41) is 10.7. The van der Waals surface area contributed by atoms with Gasteiger partial charge in [-0.25, -0.2) is 4.39 Å². The van der Waals surface area contributed by atoms with Gasteiger partial charge in [-0.3, -0.25) is 18.6 Å². The molecule has 7 nitrogen and oxygen atoms in total. The number of rotatable bonds is 4. The monoisotopic (exact) mass is 379 g/mol. The lowest BCUT2D eigenvalue weighted by molar-refractivity contribution is -0.116. The second-order valence-electron chi connectivity index (χ2n) is 6.52. The van der Waals surface area contributed by atoms with Gasteiger partial charge < -0.3 is 5.32 Å². The first-order chi connectivity index (χ1) is 13.5. The lowest BCUT2D eigenvalue weighted by atomic mass is 10.2. The standard InChI is InChI=1S/C20H18FN5O2/c1-3-17-23-24-19-20(28)25(15-6-4-5-7-16(15)26(17)19)11-18(27)22-13-9-8-12(2)14(21)10-13/h4-10H,3,11H2,1-2H3,(H,22,27). The number of nitrogens with one attached hydrogen (secondary N) is 1. The number of hydrogen-bond acceptors (Lipinski definition) is 4. The van der Waals surface area contributed by atoms with Gasteiger partial charge >= 0.3 is 0 Å². The molecule has 1 amide bonds. The number of aromatic nitrogens is 4. The van der Waals surface area contributed by atoms with Crippen molar-refractivity contribution in [2.75, 3.05) is 5.32 Å². The predicted molar refractivity (Wildman–Crippen MR) is 104 cm³/mol. The van der Waals surface area contributed by atoms with Crippen molar-refractivity contribution in [2.24, 2.45) is 0 Å². The average Bonchev–Trinajstić information content (AvgIpc) is 3.12. The second kappa shape index (κ2) is 6.88. The van der Waals surface area contributed by atoms with Crippen LogP contribution in [-0.4, -0.2) is 25.1 Å². The number of carbonyl (C=O) groups is 1. The molecule has 28 heavy (non-hydrogen) atoms. The number of amides is 1. The van der Waals surface area contributed by atoms with Crippen LogP contribution in [0.4, 0.5) is 10.1 Å². The first-order valence-electron chi connectivity index (χ1n) is 8.91. The fourth-order valence-corrected chi connectivity index (χ4v) is 3.22. The molecule has 0 saturated heterocycles. The lowest BCUT2D eigenvalue weighted by Gasteiger charge is -2.13. The number of aryl methyl sites for hydroxylation is 2. The van der Waals surface area contributed by atoms with Crippen LogP contribution in [0.3, 0.4) is 0 Å². The van der Waals surface area contributed by atoms with Gasteiger partial charge in [-0.05, 0) is 36.8 Å². The highest BCUT2D eigenvalue weighted by atomic mass is 19.1. The van der Waals surface area contributed by atoms with Crippen LogP contribution >= 0.6 is 0 Å². The molecule has 0 aliphatic rings. The molecule has 0 unspecified atom stereocenters. The van der Waals surface area contributed by atoms with Gasteiger partial charge in [0.25, 0.3) is 5.56 Å². The third-order valence-electron chi connectivity index (χ3n) is 4.65. The Balaban J connectivity index is 1.77. The van der Waals surface area contributed by atoms with E-state index in [1.165, 1.54) is 10.6 Å². The van der Waals surface area contributed by atoms with E-state index in [4.69, 9.17) is 0 Å². The molecule has 1 N–H and O–H groups in total. The summed E-state index contributed by atoms with van der Waals surface area (Å²) in [5.74, 6) is -0.164. The molecule has 0 radical (unpaired) electrons. The van der Waals surface area contributed by atoms with Gasteiger partial charge in [0.2, 0.25) is 11.6 Å². The highest BCUT2D eigenvalue weighted by Gasteiger charge is 2.17. The van der Waals surface area contributed by atoms with Gasteiger partial charge in [-0.15, -0.1) is 10.2 Å². The van der Waals surface area contributed by atoms with E-state index in [2.05, 4.69) is 15.5 Å². The maximum Gasteiger partial charge on any atom is 0.297 e. The van der Waals surface area contributed by atoms with Gasteiger partial charge in [-0.1, -0.05) is 25.1 Å². The van der Waals surface area contributed by atoms with Crippen LogP contribution in [0.5, 0.6) is 0 Å². The molecule has 0 saturated carbocycles. The van der Waals surface area contributed by atoms with Gasteiger partial charge in [0.05, 0.1) is 11.0 Å². The van der Waals surface area contributed by atoms with Gasteiger partial charge in [0, 0.05) is 12.1 Å². The fraction of sp³-hybridized carbons (Fsp3) is 0.200. The normalized spacial score (nSPS) is 11.2. The zero-order valence-electron chi connectivity index (χ0n) is 15.4. The molecule has 2 heterocycles. The molecule has 0 spiro atoms. The van der Waals surface area contributed by atoms with Gasteiger partial charge in [-0.2, -0.15) is 0 Å². The zero-order valence-corrected chi connectivity index (χ0v) is 15.4. The van der Waals surface area contributed by atoms with Crippen LogP contribution in [-0.2, 0) is 17.8 Å². The van der Waals surface area contributed by atoms with Gasteiger partial charge in [0.1, 0.15) is 18.2 Å². The van der Waals surface area contributed by atoms with E-state index in [0.717, 1.165) is 5.52 Å². The van der Waals surface area contributed by atoms with Crippen LogP contribution in [0.15, 0.2) is 47.3 Å². The third-order valence-corrected chi connectivity index (χ3v) is 4.65. The molecule has 0 fully saturated rings. The summed E-state index contributed by atoms with van der Waals surface area (Å²) in [7, 11) is 0. The van der Waals surface area contributed by atoms with E-state index in [1.807, 2.05) is 19.1 Å². The molecule has 0 bridgehead atoms. The summed E-state index contributed by atoms with van der Waals surface area (Å²) >= 11 is 0. The van der Waals surface area contributed by atoms with Crippen molar-refractivity contribution in [2.45, 2.75) is 26.8 Å². The van der Waals surface area contributed by atoms with Crippen LogP contribution in [0.1, 0.15) is 18.3 Å². The minimum absolute atomic E-state index is 0.171. The molecule has 4 aromatic rings. The summed E-state index contributed by atoms with van der Waals surface area (Å²) in [6, 6.07) is 11.7. The molecule has 0 aliphatic carbocycles. The Morgan fingerprint density at radius 2 is 1.89 bits per heavy atom. The smallest absolute Gasteiger partial charge is 0.297 e. The minimum atomic E-state index is -0.435. The van der Waals surface area contributed by atoms with Crippen molar-refractivity contribution in [3.63, 3.8) is 0 Å². The van der Waals surface area contributed by atoms with Crippen LogP contribution in [0.2, 0.25) is 0 Å². The molecule has 0 aliphatic heterocycles. The molecule has 2 aromatic carbocycles. The van der Waals surface area contributed by atoms with E-state index in [1.54, 1.807) is 35.6 Å². The number of anilines is 1. The predicted octanol–water partition coefficient (Wildman–Crippen LogP) is 2.69. The number of nitrogens with zero attached hydrogens (tertiary/aromatic N) is 4. The van der Waals surface area contributed by atoms with Crippen molar-refractivity contribution in [1.82, 2.24) is 19.2 Å². The summed E-state index contributed by atoms with van der Waals surface area (Å²) in [6.07, 6.45) is 0.619. The Morgan fingerprint density at radius 3 is 2.61 bits per heavy atom. The van der Waals surface area contributed by atoms with Crippen molar-refractivity contribution >= 4 is 28.3 Å². The molecule has 4 rings (SSSR count). The molecular weight excluding hydrogens is 361 g/mol. The van der Waals surface area contributed by atoms with E-state index >= 15 is 0 Å². The van der Waals surface area contributed by atoms with Crippen molar-refractivity contribution in [1.29, 1.82) is 0 Å². The highest BCUT2D eigenvalue weighted by molar-refractivity contribution is 5.91. The Hall–Kier alpha value is -3.55. The summed E-state index contributed by atoms with van der Waals surface area (Å²) in [6.45, 7) is 3.36. The quantitative estimate of drug-likeness (QED) is 0.591. The van der Waals surface area contributed by atoms with E-state index in [9.17, 15) is 14.0 Å². The fourth-order valence-electron chi connectivity index (χ4n) is 3.22. The van der Waals surface area contributed by atoms with Crippen molar-refractivity contribution < 1.29 is 9.18 Å². The first kappa shape index (κ1) is 17.8. The summed E-state index contributed by atoms with van der Waals surface area (Å²) < 4.78 is 16.8. The number of halogens is 1. The van der Waals surface area contributed by atoms with Crippen LogP contribution < -0.4 is 10.9 Å². The molecule has 142 valence electrons. The third kappa shape index (κ3) is 2.92. The minimum Gasteiger partial charge on any atom is -0.324 e. The van der Waals surface area contributed by atoms with Crippen molar-refractivity contribution in [3.8, 4) is 0 Å². The Morgan fingerprint density at radius 1 is 1.14 bits per heavy atom. The lowest BCUT2D eigenvalue weighted by Crippen LogP contribution is -2.29. The maximum atomic E-state index is 13.7. The first-order valence-corrected chi connectivity index (χ1v) is 8.91. The largest absolute Gasteiger partial charge is 0.324 e. The van der Waals surface area contributed by atoms with Crippen molar-refractivity contribution in [3.05, 3.63) is 70.0 Å². The molecule has 8 heteroatoms. The summed E-state index contributed by atoms with van der Waals surface area (Å²) in [4.78, 5) is 25.5. The van der Waals surface area contributed by atoms with E-state index in [-0.39, 0.29) is 12.2 Å². The second-order valence-corrected chi connectivity index (χ2v) is 6.52. The molecular formula is C20H18FN5O2. The maximum absolute atomic E-state index is 13.7.